The maximum Gasteiger partial charge on any atom is 0.202 e. The second kappa shape index (κ2) is 5.81. The summed E-state index contributed by atoms with van der Waals surface area (Å²) in [5.74, 6) is 0.575. The lowest BCUT2D eigenvalue weighted by Crippen LogP contribution is -2.08. The van der Waals surface area contributed by atoms with Crippen molar-refractivity contribution in [1.29, 1.82) is 0 Å². The summed E-state index contributed by atoms with van der Waals surface area (Å²) < 4.78 is 5.12. The van der Waals surface area contributed by atoms with Crippen LogP contribution in [0.3, 0.4) is 0 Å². The average Bonchev–Trinajstić information content (AvgIpc) is 3.07. The highest BCUT2D eigenvalue weighted by Gasteiger charge is 2.17. The molecule has 2 N–H and O–H groups in total. The Morgan fingerprint density at radius 2 is 2.14 bits per heavy atom. The number of nitrogens with two attached hydrogens (primary N) is 1. The van der Waals surface area contributed by atoms with Gasteiger partial charge in [0.1, 0.15) is 5.52 Å². The number of hydrogen-bond acceptors (Lipinski definition) is 4. The topological polar surface area (TPSA) is 61.7 Å². The molecule has 0 unspecified atom stereocenters. The maximum atomic E-state index is 6.11. The molecule has 0 saturated heterocycles. The minimum atomic E-state index is 0.575. The van der Waals surface area contributed by atoms with Crippen LogP contribution in [0.25, 0.3) is 11.2 Å². The Kier molecular flexibility index (Phi) is 4.03. The van der Waals surface area contributed by atoms with E-state index in [9.17, 15) is 0 Å². The van der Waals surface area contributed by atoms with Gasteiger partial charge in [-0.05, 0) is 40.9 Å². The third kappa shape index (κ3) is 2.72. The van der Waals surface area contributed by atoms with Gasteiger partial charge >= 0.3 is 0 Å². The lowest BCUT2D eigenvalue weighted by atomic mass is 10.2. The van der Waals surface area contributed by atoms with Crippen molar-refractivity contribution in [1.82, 2.24) is 19.3 Å². The highest BCUT2D eigenvalue weighted by Crippen LogP contribution is 2.25. The number of hydrogen-bond donors (Lipinski definition) is 1. The molecule has 3 rings (SSSR count). The van der Waals surface area contributed by atoms with Gasteiger partial charge in [-0.2, -0.15) is 5.10 Å². The summed E-state index contributed by atoms with van der Waals surface area (Å²) in [6.07, 6.45) is 2.94. The van der Waals surface area contributed by atoms with Crippen LogP contribution in [0, 0.1) is 0 Å². The fourth-order valence-corrected chi connectivity index (χ4v) is 4.06. The third-order valence-electron chi connectivity index (χ3n) is 3.52. The molecular formula is C14H18BrN5S. The van der Waals surface area contributed by atoms with Crippen LogP contribution in [-0.4, -0.2) is 19.3 Å². The summed E-state index contributed by atoms with van der Waals surface area (Å²) in [5, 5.41) is 4.57. The van der Waals surface area contributed by atoms with Gasteiger partial charge in [-0.1, -0.05) is 13.3 Å². The Balaban J connectivity index is 1.92. The van der Waals surface area contributed by atoms with Gasteiger partial charge in [-0.3, -0.25) is 9.25 Å². The van der Waals surface area contributed by atoms with E-state index in [1.54, 1.807) is 11.3 Å². The molecule has 0 amide bonds. The van der Waals surface area contributed by atoms with Crippen molar-refractivity contribution in [2.45, 2.75) is 32.7 Å². The van der Waals surface area contributed by atoms with E-state index in [4.69, 9.17) is 5.73 Å². The molecule has 0 aliphatic carbocycles. The molecule has 112 valence electrons. The first-order chi connectivity index (χ1) is 10.1. The number of thiophene rings is 1. The maximum absolute atomic E-state index is 6.11. The lowest BCUT2D eigenvalue weighted by molar-refractivity contribution is 0.677. The molecule has 0 atom stereocenters. The molecule has 0 aliphatic heterocycles. The first kappa shape index (κ1) is 14.6. The predicted octanol–water partition coefficient (Wildman–Crippen LogP) is 3.37. The number of nitrogens with zero attached hydrogens (tertiary/aromatic N) is 4. The molecule has 5 nitrogen and oxygen atoms in total. The number of aryl methyl sites for hydroxylation is 4. The standard InChI is InChI=1S/C14H18BrN5S/c1-3-4-10-12-13(19(2)18-10)20(14(16)17-12)8-7-9-5-6-11(15)21-9/h5-6H,3-4,7-8H2,1-2H3,(H2,16,17). The van der Waals surface area contributed by atoms with Gasteiger partial charge < -0.3 is 5.73 Å². The summed E-state index contributed by atoms with van der Waals surface area (Å²) in [5.41, 5.74) is 9.12. The zero-order valence-electron chi connectivity index (χ0n) is 12.1. The van der Waals surface area contributed by atoms with Gasteiger partial charge in [0, 0.05) is 18.5 Å². The number of fused-ring (bicyclic) bond motifs is 1. The van der Waals surface area contributed by atoms with Crippen LogP contribution in [0.4, 0.5) is 5.95 Å². The Labute approximate surface area is 135 Å². The van der Waals surface area contributed by atoms with Crippen molar-refractivity contribution in [3.63, 3.8) is 0 Å². The van der Waals surface area contributed by atoms with E-state index >= 15 is 0 Å². The number of rotatable bonds is 5. The molecule has 7 heteroatoms. The number of nitrogen functional groups attached to an aromatic ring is 1. The number of aromatic nitrogens is 4. The number of halogens is 1. The van der Waals surface area contributed by atoms with Crippen LogP contribution in [0.5, 0.6) is 0 Å². The molecule has 0 fully saturated rings. The second-order valence-electron chi connectivity index (χ2n) is 5.07. The number of anilines is 1. The molecule has 0 radical (unpaired) electrons. The Morgan fingerprint density at radius 1 is 1.33 bits per heavy atom. The van der Waals surface area contributed by atoms with Gasteiger partial charge in [0.15, 0.2) is 5.65 Å². The Morgan fingerprint density at radius 3 is 2.81 bits per heavy atom. The number of imidazole rings is 1. The highest BCUT2D eigenvalue weighted by atomic mass is 79.9. The van der Waals surface area contributed by atoms with Gasteiger partial charge in [-0.15, -0.1) is 11.3 Å². The summed E-state index contributed by atoms with van der Waals surface area (Å²) in [6, 6.07) is 4.22. The Bertz CT molecular complexity index is 770. The van der Waals surface area contributed by atoms with Crippen LogP contribution in [-0.2, 0) is 26.4 Å². The summed E-state index contributed by atoms with van der Waals surface area (Å²) in [4.78, 5) is 5.85. The average molecular weight is 368 g/mol. The van der Waals surface area contributed by atoms with E-state index in [1.165, 1.54) is 4.88 Å². The Hall–Kier alpha value is -1.34. The fraction of sp³-hybridized carbons (Fsp3) is 0.429. The first-order valence-corrected chi connectivity index (χ1v) is 8.63. The molecule has 0 bridgehead atoms. The van der Waals surface area contributed by atoms with E-state index in [0.717, 1.165) is 46.5 Å². The third-order valence-corrected chi connectivity index (χ3v) is 5.20. The van der Waals surface area contributed by atoms with Crippen molar-refractivity contribution >= 4 is 44.4 Å². The summed E-state index contributed by atoms with van der Waals surface area (Å²) >= 11 is 5.26. The molecule has 21 heavy (non-hydrogen) atoms. The van der Waals surface area contributed by atoms with E-state index < -0.39 is 0 Å². The highest BCUT2D eigenvalue weighted by molar-refractivity contribution is 9.11. The van der Waals surface area contributed by atoms with E-state index in [0.29, 0.717) is 5.95 Å². The molecule has 0 aliphatic rings. The van der Waals surface area contributed by atoms with E-state index in [2.05, 4.69) is 49.6 Å². The second-order valence-corrected chi connectivity index (χ2v) is 7.62. The van der Waals surface area contributed by atoms with Crippen LogP contribution < -0.4 is 5.73 Å². The lowest BCUT2D eigenvalue weighted by Gasteiger charge is -2.05. The zero-order chi connectivity index (χ0) is 15.0. The fourth-order valence-electron chi connectivity index (χ4n) is 2.59. The van der Waals surface area contributed by atoms with Gasteiger partial charge in [0.2, 0.25) is 5.95 Å². The first-order valence-electron chi connectivity index (χ1n) is 7.02. The van der Waals surface area contributed by atoms with Crippen LogP contribution in [0.1, 0.15) is 23.9 Å². The van der Waals surface area contributed by atoms with Crippen molar-refractivity contribution < 1.29 is 0 Å². The molecule has 3 aromatic heterocycles. The van der Waals surface area contributed by atoms with Crippen molar-refractivity contribution in [2.24, 2.45) is 7.05 Å². The van der Waals surface area contributed by atoms with Crippen LogP contribution in [0.15, 0.2) is 15.9 Å². The minimum Gasteiger partial charge on any atom is -0.369 e. The van der Waals surface area contributed by atoms with E-state index in [-0.39, 0.29) is 0 Å². The molecule has 0 aromatic carbocycles. The van der Waals surface area contributed by atoms with Gasteiger partial charge in [-0.25, -0.2) is 4.98 Å². The van der Waals surface area contributed by atoms with Crippen LogP contribution in [0.2, 0.25) is 0 Å². The summed E-state index contributed by atoms with van der Waals surface area (Å²) in [7, 11) is 1.96. The molecular weight excluding hydrogens is 350 g/mol. The molecule has 3 heterocycles. The van der Waals surface area contributed by atoms with Crippen molar-refractivity contribution in [2.75, 3.05) is 5.73 Å². The quantitative estimate of drug-likeness (QED) is 0.751. The summed E-state index contributed by atoms with van der Waals surface area (Å²) in [6.45, 7) is 2.97. The molecule has 0 saturated carbocycles. The smallest absolute Gasteiger partial charge is 0.202 e. The van der Waals surface area contributed by atoms with Gasteiger partial charge in [0.25, 0.3) is 0 Å². The zero-order valence-corrected chi connectivity index (χ0v) is 14.5. The van der Waals surface area contributed by atoms with Crippen molar-refractivity contribution in [3.8, 4) is 0 Å². The predicted molar refractivity (Wildman–Crippen MR) is 90.6 cm³/mol. The normalized spacial score (nSPS) is 11.6. The van der Waals surface area contributed by atoms with Gasteiger partial charge in [0.05, 0.1) is 9.48 Å². The molecule has 0 spiro atoms. The minimum absolute atomic E-state index is 0.575. The SMILES string of the molecule is CCCc1nn(C)c2c1nc(N)n2CCc1ccc(Br)s1. The van der Waals surface area contributed by atoms with E-state index in [1.807, 2.05) is 11.7 Å². The monoisotopic (exact) mass is 367 g/mol. The van der Waals surface area contributed by atoms with Crippen LogP contribution >= 0.6 is 27.3 Å². The largest absolute Gasteiger partial charge is 0.369 e. The van der Waals surface area contributed by atoms with Crippen molar-refractivity contribution in [3.05, 3.63) is 26.5 Å². The molecule has 3 aromatic rings.